The van der Waals surface area contributed by atoms with Crippen molar-refractivity contribution in [2.75, 3.05) is 6.54 Å². The molecule has 3 heteroatoms. The smallest absolute Gasteiger partial charge is 0.223 e. The fraction of sp³-hybridized carbons (Fsp3) is 0.875. The lowest BCUT2D eigenvalue weighted by Gasteiger charge is -2.41. The molecule has 0 spiro atoms. The molecule has 2 fully saturated rings. The average molecular weight is 265 g/mol. The van der Waals surface area contributed by atoms with E-state index in [1.165, 1.54) is 6.42 Å². The van der Waals surface area contributed by atoms with Crippen LogP contribution in [-0.4, -0.2) is 29.2 Å². The van der Waals surface area contributed by atoms with E-state index >= 15 is 0 Å². The molecule has 3 nitrogen and oxygen atoms in total. The predicted octanol–water partition coefficient (Wildman–Crippen LogP) is 3.17. The van der Waals surface area contributed by atoms with E-state index in [2.05, 4.69) is 13.8 Å². The molecule has 19 heavy (non-hydrogen) atoms. The van der Waals surface area contributed by atoms with Gasteiger partial charge in [-0.05, 0) is 38.0 Å². The molecule has 1 heterocycles. The molecule has 0 radical (unpaired) electrons. The third-order valence-electron chi connectivity index (χ3n) is 4.52. The summed E-state index contributed by atoms with van der Waals surface area (Å²) in [5.74, 6) is 1.20. The van der Waals surface area contributed by atoms with Crippen LogP contribution in [0, 0.1) is 11.8 Å². The third-order valence-corrected chi connectivity index (χ3v) is 4.52. The van der Waals surface area contributed by atoms with Crippen LogP contribution >= 0.6 is 0 Å². The summed E-state index contributed by atoms with van der Waals surface area (Å²) in [4.78, 5) is 26.6. The van der Waals surface area contributed by atoms with Crippen LogP contribution in [-0.2, 0) is 9.59 Å². The molecule has 0 N–H and O–H groups in total. The maximum Gasteiger partial charge on any atom is 0.223 e. The van der Waals surface area contributed by atoms with Gasteiger partial charge in [0.2, 0.25) is 5.91 Å². The first-order valence-corrected chi connectivity index (χ1v) is 7.91. The zero-order chi connectivity index (χ0) is 13.8. The van der Waals surface area contributed by atoms with Crippen molar-refractivity contribution < 1.29 is 9.59 Å². The second-order valence-electron chi connectivity index (χ2n) is 6.57. The minimum atomic E-state index is 0.130. The van der Waals surface area contributed by atoms with Gasteiger partial charge in [0.25, 0.3) is 0 Å². The van der Waals surface area contributed by atoms with Gasteiger partial charge in [-0.25, -0.2) is 0 Å². The van der Waals surface area contributed by atoms with Gasteiger partial charge in [0, 0.05) is 31.3 Å². The second kappa shape index (κ2) is 6.53. The molecule has 2 aliphatic rings. The molecule has 0 aromatic carbocycles. The summed E-state index contributed by atoms with van der Waals surface area (Å²) in [5, 5.41) is 0. The quantitative estimate of drug-likeness (QED) is 0.786. The number of likely N-dealkylation sites (tertiary alicyclic amines) is 1. The van der Waals surface area contributed by atoms with Crippen LogP contribution < -0.4 is 0 Å². The Morgan fingerprint density at radius 2 is 1.95 bits per heavy atom. The summed E-state index contributed by atoms with van der Waals surface area (Å²) in [5.41, 5.74) is 0. The van der Waals surface area contributed by atoms with Crippen LogP contribution in [0.25, 0.3) is 0 Å². The minimum Gasteiger partial charge on any atom is -0.339 e. The molecular formula is C16H27NO2. The monoisotopic (exact) mass is 265 g/mol. The molecule has 2 atom stereocenters. The molecular weight excluding hydrogens is 238 g/mol. The largest absolute Gasteiger partial charge is 0.339 e. The number of nitrogens with zero attached hydrogens (tertiary/aromatic N) is 1. The van der Waals surface area contributed by atoms with Crippen molar-refractivity contribution >= 4 is 11.7 Å². The van der Waals surface area contributed by atoms with Crippen LogP contribution in [0.4, 0.5) is 0 Å². The molecule has 2 unspecified atom stereocenters. The Labute approximate surface area is 116 Å². The van der Waals surface area contributed by atoms with Crippen LogP contribution in [0.1, 0.15) is 65.2 Å². The first-order valence-electron chi connectivity index (χ1n) is 7.91. The SMILES string of the molecule is CC(C)CC(=O)N1CCCCC1C1CCCCC1=O. The number of rotatable bonds is 3. The molecule has 0 bridgehead atoms. The van der Waals surface area contributed by atoms with E-state index in [4.69, 9.17) is 0 Å². The van der Waals surface area contributed by atoms with Crippen molar-refractivity contribution in [2.24, 2.45) is 11.8 Å². The van der Waals surface area contributed by atoms with Gasteiger partial charge in [0.05, 0.1) is 0 Å². The number of ketones is 1. The van der Waals surface area contributed by atoms with E-state index in [0.29, 0.717) is 18.1 Å². The highest BCUT2D eigenvalue weighted by atomic mass is 16.2. The maximum absolute atomic E-state index is 12.4. The number of amides is 1. The van der Waals surface area contributed by atoms with Gasteiger partial charge >= 0.3 is 0 Å². The summed E-state index contributed by atoms with van der Waals surface area (Å²) in [6.07, 6.45) is 7.84. The van der Waals surface area contributed by atoms with Crippen molar-refractivity contribution in [1.29, 1.82) is 0 Å². The van der Waals surface area contributed by atoms with Crippen LogP contribution in [0.15, 0.2) is 0 Å². The van der Waals surface area contributed by atoms with E-state index < -0.39 is 0 Å². The molecule has 0 aromatic heterocycles. The highest BCUT2D eigenvalue weighted by Crippen LogP contribution is 2.32. The van der Waals surface area contributed by atoms with Crippen molar-refractivity contribution in [3.05, 3.63) is 0 Å². The van der Waals surface area contributed by atoms with E-state index in [0.717, 1.165) is 45.1 Å². The van der Waals surface area contributed by atoms with Gasteiger partial charge in [-0.2, -0.15) is 0 Å². The van der Waals surface area contributed by atoms with E-state index in [1.54, 1.807) is 0 Å². The maximum atomic E-state index is 12.4. The van der Waals surface area contributed by atoms with Crippen LogP contribution in [0.2, 0.25) is 0 Å². The van der Waals surface area contributed by atoms with Crippen molar-refractivity contribution in [3.63, 3.8) is 0 Å². The van der Waals surface area contributed by atoms with Gasteiger partial charge in [0.1, 0.15) is 5.78 Å². The van der Waals surface area contributed by atoms with Gasteiger partial charge in [-0.3, -0.25) is 9.59 Å². The van der Waals surface area contributed by atoms with E-state index in [9.17, 15) is 9.59 Å². The number of Topliss-reactive ketones (excluding diaryl/α,β-unsaturated/α-hetero) is 1. The number of hydrogen-bond acceptors (Lipinski definition) is 2. The number of piperidine rings is 1. The Balaban J connectivity index is 2.06. The van der Waals surface area contributed by atoms with Gasteiger partial charge < -0.3 is 4.90 Å². The first kappa shape index (κ1) is 14.5. The Morgan fingerprint density at radius 3 is 2.63 bits per heavy atom. The fourth-order valence-corrected chi connectivity index (χ4v) is 3.57. The average Bonchev–Trinajstić information content (AvgIpc) is 2.38. The second-order valence-corrected chi connectivity index (χ2v) is 6.57. The normalized spacial score (nSPS) is 28.8. The standard InChI is InChI=1S/C16H27NO2/c1-12(2)11-16(19)17-10-6-5-8-14(17)13-7-3-4-9-15(13)18/h12-14H,3-11H2,1-2H3. The molecule has 2 rings (SSSR count). The third kappa shape index (κ3) is 3.58. The molecule has 1 amide bonds. The topological polar surface area (TPSA) is 37.4 Å². The lowest BCUT2D eigenvalue weighted by atomic mass is 9.79. The lowest BCUT2D eigenvalue weighted by molar-refractivity contribution is -0.140. The zero-order valence-corrected chi connectivity index (χ0v) is 12.4. The van der Waals surface area contributed by atoms with Gasteiger partial charge in [-0.1, -0.05) is 20.3 Å². The van der Waals surface area contributed by atoms with E-state index in [-0.39, 0.29) is 17.9 Å². The molecule has 1 saturated carbocycles. The predicted molar refractivity (Wildman–Crippen MR) is 75.8 cm³/mol. The van der Waals surface area contributed by atoms with E-state index in [1.807, 2.05) is 4.90 Å². The van der Waals surface area contributed by atoms with Gasteiger partial charge in [0.15, 0.2) is 0 Å². The van der Waals surface area contributed by atoms with Crippen molar-refractivity contribution in [1.82, 2.24) is 4.90 Å². The van der Waals surface area contributed by atoms with Crippen LogP contribution in [0.5, 0.6) is 0 Å². The number of carbonyl (C=O) groups excluding carboxylic acids is 2. The molecule has 1 aliphatic carbocycles. The summed E-state index contributed by atoms with van der Waals surface area (Å²) < 4.78 is 0. The van der Waals surface area contributed by atoms with Crippen molar-refractivity contribution in [2.45, 2.75) is 71.3 Å². The Morgan fingerprint density at radius 1 is 1.21 bits per heavy atom. The Kier molecular flexibility index (Phi) is 5.00. The summed E-state index contributed by atoms with van der Waals surface area (Å²) >= 11 is 0. The molecule has 1 saturated heterocycles. The van der Waals surface area contributed by atoms with Crippen molar-refractivity contribution in [3.8, 4) is 0 Å². The highest BCUT2D eigenvalue weighted by molar-refractivity contribution is 5.84. The zero-order valence-electron chi connectivity index (χ0n) is 12.4. The van der Waals surface area contributed by atoms with Crippen LogP contribution in [0.3, 0.4) is 0 Å². The highest BCUT2D eigenvalue weighted by Gasteiger charge is 2.37. The summed E-state index contributed by atoms with van der Waals surface area (Å²) in [6.45, 7) is 5.03. The minimum absolute atomic E-state index is 0.130. The first-order chi connectivity index (χ1) is 9.09. The summed E-state index contributed by atoms with van der Waals surface area (Å²) in [7, 11) is 0. The molecule has 0 aromatic rings. The Bertz CT molecular complexity index is 338. The fourth-order valence-electron chi connectivity index (χ4n) is 3.57. The molecule has 1 aliphatic heterocycles. The number of hydrogen-bond donors (Lipinski definition) is 0. The molecule has 108 valence electrons. The van der Waals surface area contributed by atoms with Gasteiger partial charge in [-0.15, -0.1) is 0 Å². The Hall–Kier alpha value is -0.860. The lowest BCUT2D eigenvalue weighted by Crippen LogP contribution is -2.50. The number of carbonyl (C=O) groups is 2. The summed E-state index contributed by atoms with van der Waals surface area (Å²) in [6, 6.07) is 0.202.